The normalized spacial score (nSPS) is 12.2. The molecular weight excluding hydrogens is 426 g/mol. The molecular formula is C24H23N3O2S2. The largest absolute Gasteiger partial charge is 0.324 e. The number of carbonyl (C=O) groups excluding carboxylic acids is 1. The summed E-state index contributed by atoms with van der Waals surface area (Å²) in [5, 5.41) is 5.77. The highest BCUT2D eigenvalue weighted by atomic mass is 32.2. The van der Waals surface area contributed by atoms with E-state index in [2.05, 4.69) is 5.32 Å². The van der Waals surface area contributed by atoms with Crippen LogP contribution in [0.2, 0.25) is 0 Å². The monoisotopic (exact) mass is 449 g/mol. The Hall–Kier alpha value is -2.77. The molecule has 158 valence electrons. The highest BCUT2D eigenvalue weighted by Crippen LogP contribution is 2.28. The van der Waals surface area contributed by atoms with Gasteiger partial charge in [0.2, 0.25) is 5.91 Å². The van der Waals surface area contributed by atoms with Crippen molar-refractivity contribution in [3.63, 3.8) is 0 Å². The fraction of sp³-hybridized carbons (Fsp3) is 0.208. The second kappa shape index (κ2) is 9.16. The molecule has 7 heteroatoms. The average molecular weight is 450 g/mol. The highest BCUT2D eigenvalue weighted by Gasteiger charge is 2.20. The number of benzene rings is 3. The van der Waals surface area contributed by atoms with Gasteiger partial charge in [0, 0.05) is 11.4 Å². The van der Waals surface area contributed by atoms with Crippen LogP contribution in [-0.2, 0) is 11.3 Å². The molecule has 4 aromatic rings. The fourth-order valence-corrected chi connectivity index (χ4v) is 4.98. The van der Waals surface area contributed by atoms with Gasteiger partial charge < -0.3 is 5.32 Å². The van der Waals surface area contributed by atoms with Crippen LogP contribution in [0.1, 0.15) is 13.8 Å². The van der Waals surface area contributed by atoms with E-state index in [9.17, 15) is 9.59 Å². The van der Waals surface area contributed by atoms with Crippen molar-refractivity contribution in [2.75, 3.05) is 11.6 Å². The first kappa shape index (κ1) is 21.5. The quantitative estimate of drug-likeness (QED) is 0.242. The van der Waals surface area contributed by atoms with Crippen LogP contribution in [0, 0.1) is 0 Å². The van der Waals surface area contributed by atoms with Gasteiger partial charge in [0.1, 0.15) is 0 Å². The first-order valence-electron chi connectivity index (χ1n) is 10.1. The zero-order chi connectivity index (χ0) is 22.0. The number of carbonyl (C=O) groups is 1. The molecule has 5 nitrogen and oxygen atoms in total. The number of nitrogens with one attached hydrogen (secondary N) is 1. The summed E-state index contributed by atoms with van der Waals surface area (Å²) in [4.78, 5) is 31.8. The number of nitrogens with zero attached hydrogens (tertiary/aromatic N) is 2. The molecule has 0 bridgehead atoms. The van der Waals surface area contributed by atoms with Crippen LogP contribution in [0.15, 0.2) is 75.5 Å². The summed E-state index contributed by atoms with van der Waals surface area (Å²) in [5.41, 5.74) is 1.36. The van der Waals surface area contributed by atoms with E-state index in [1.165, 1.54) is 11.8 Å². The summed E-state index contributed by atoms with van der Waals surface area (Å²) in [7, 11) is 0. The zero-order valence-electron chi connectivity index (χ0n) is 17.6. The predicted octanol–water partition coefficient (Wildman–Crippen LogP) is 5.41. The van der Waals surface area contributed by atoms with Crippen molar-refractivity contribution < 1.29 is 4.79 Å². The molecule has 0 spiro atoms. The van der Waals surface area contributed by atoms with Crippen molar-refractivity contribution in [3.05, 3.63) is 71.0 Å². The van der Waals surface area contributed by atoms with Crippen LogP contribution in [0.5, 0.6) is 0 Å². The van der Waals surface area contributed by atoms with Crippen LogP contribution in [-0.4, -0.2) is 27.0 Å². The molecule has 0 aliphatic rings. The molecule has 0 saturated heterocycles. The van der Waals surface area contributed by atoms with Crippen molar-refractivity contribution in [1.29, 1.82) is 0 Å². The van der Waals surface area contributed by atoms with Gasteiger partial charge >= 0.3 is 0 Å². The molecule has 0 aliphatic heterocycles. The molecule has 1 aromatic heterocycles. The van der Waals surface area contributed by atoms with E-state index in [1.54, 1.807) is 16.3 Å². The number of hydrogen-bond acceptors (Lipinski definition) is 5. The number of para-hydroxylation sites is 1. The minimum Gasteiger partial charge on any atom is -0.324 e. The van der Waals surface area contributed by atoms with Crippen LogP contribution >= 0.6 is 23.5 Å². The number of amides is 1. The number of rotatable bonds is 6. The third kappa shape index (κ3) is 4.34. The minimum absolute atomic E-state index is 0.0823. The molecule has 1 unspecified atom stereocenters. The van der Waals surface area contributed by atoms with Gasteiger partial charge in [0.25, 0.3) is 5.56 Å². The lowest BCUT2D eigenvalue weighted by Crippen LogP contribution is -2.26. The number of fused-ring (bicyclic) bond motifs is 2. The van der Waals surface area contributed by atoms with Crippen LogP contribution in [0.4, 0.5) is 5.69 Å². The van der Waals surface area contributed by atoms with Gasteiger partial charge in [-0.05, 0) is 55.1 Å². The zero-order valence-corrected chi connectivity index (χ0v) is 19.2. The molecule has 1 atom stereocenters. The summed E-state index contributed by atoms with van der Waals surface area (Å²) in [6, 6.07) is 19.5. The van der Waals surface area contributed by atoms with Gasteiger partial charge in [-0.15, -0.1) is 11.8 Å². The topological polar surface area (TPSA) is 64.0 Å². The van der Waals surface area contributed by atoms with Crippen molar-refractivity contribution >= 4 is 56.8 Å². The molecule has 3 aromatic carbocycles. The molecule has 0 saturated carbocycles. The van der Waals surface area contributed by atoms with E-state index in [0.29, 0.717) is 22.6 Å². The van der Waals surface area contributed by atoms with Gasteiger partial charge in [-0.3, -0.25) is 14.2 Å². The van der Waals surface area contributed by atoms with Gasteiger partial charge in [-0.25, -0.2) is 4.98 Å². The first-order chi connectivity index (χ1) is 15.0. The van der Waals surface area contributed by atoms with Crippen molar-refractivity contribution in [2.24, 2.45) is 0 Å². The summed E-state index contributed by atoms with van der Waals surface area (Å²) < 4.78 is 1.64. The number of thioether (sulfide) groups is 2. The molecule has 4 rings (SSSR count). The second-order valence-corrected chi connectivity index (χ2v) is 9.27. The third-order valence-corrected chi connectivity index (χ3v) is 7.01. The van der Waals surface area contributed by atoms with Crippen molar-refractivity contribution in [2.45, 2.75) is 35.7 Å². The Balaban J connectivity index is 1.67. The molecule has 31 heavy (non-hydrogen) atoms. The molecule has 1 heterocycles. The summed E-state index contributed by atoms with van der Waals surface area (Å²) in [5.74, 6) is -0.123. The van der Waals surface area contributed by atoms with E-state index in [-0.39, 0.29) is 11.5 Å². The maximum atomic E-state index is 13.2. The Labute approximate surface area is 189 Å². The maximum Gasteiger partial charge on any atom is 0.262 e. The number of anilines is 1. The lowest BCUT2D eigenvalue weighted by molar-refractivity contribution is -0.115. The molecule has 1 N–H and O–H groups in total. The van der Waals surface area contributed by atoms with Crippen LogP contribution in [0.3, 0.4) is 0 Å². The minimum atomic E-state index is -0.419. The Morgan fingerprint density at radius 2 is 1.77 bits per heavy atom. The maximum absolute atomic E-state index is 13.2. The van der Waals surface area contributed by atoms with Crippen LogP contribution < -0.4 is 10.9 Å². The average Bonchev–Trinajstić information content (AvgIpc) is 2.78. The lowest BCUT2D eigenvalue weighted by Gasteiger charge is -2.16. The standard InChI is InChI=1S/C24H23N3O2S2/c1-4-27-23(29)18-13-16-9-5-6-10-17(16)14-20(18)26-24(27)31-15(2)22(28)25-19-11-7-8-12-21(19)30-3/h5-15H,4H2,1-3H3,(H,25,28). The van der Waals surface area contributed by atoms with E-state index in [4.69, 9.17) is 4.98 Å². The van der Waals surface area contributed by atoms with Gasteiger partial charge in [-0.1, -0.05) is 48.2 Å². The third-order valence-electron chi connectivity index (χ3n) is 5.12. The summed E-state index contributed by atoms with van der Waals surface area (Å²) in [6.45, 7) is 4.23. The van der Waals surface area contributed by atoms with Gasteiger partial charge in [0.05, 0.1) is 21.8 Å². The highest BCUT2D eigenvalue weighted by molar-refractivity contribution is 8.00. The Morgan fingerprint density at radius 1 is 1.10 bits per heavy atom. The molecule has 0 aliphatic carbocycles. The Kier molecular flexibility index (Phi) is 6.34. The van der Waals surface area contributed by atoms with Crippen LogP contribution in [0.25, 0.3) is 21.7 Å². The Morgan fingerprint density at radius 3 is 2.48 bits per heavy atom. The van der Waals surface area contributed by atoms with E-state index in [0.717, 1.165) is 21.4 Å². The second-order valence-electron chi connectivity index (χ2n) is 7.11. The van der Waals surface area contributed by atoms with E-state index < -0.39 is 5.25 Å². The van der Waals surface area contributed by atoms with E-state index in [1.807, 2.05) is 80.8 Å². The van der Waals surface area contributed by atoms with Crippen molar-refractivity contribution in [1.82, 2.24) is 9.55 Å². The van der Waals surface area contributed by atoms with E-state index >= 15 is 0 Å². The number of hydrogen-bond donors (Lipinski definition) is 1. The van der Waals surface area contributed by atoms with Crippen molar-refractivity contribution in [3.8, 4) is 0 Å². The van der Waals surface area contributed by atoms with Gasteiger partial charge in [0.15, 0.2) is 5.16 Å². The fourth-order valence-electron chi connectivity index (χ4n) is 3.45. The molecule has 0 fully saturated rings. The SMILES string of the molecule is CCn1c(SC(C)C(=O)Nc2ccccc2SC)nc2cc3ccccc3cc2c1=O. The molecule has 1 amide bonds. The lowest BCUT2D eigenvalue weighted by atomic mass is 10.1. The summed E-state index contributed by atoms with van der Waals surface area (Å²) in [6.07, 6.45) is 1.98. The Bertz CT molecular complexity index is 1330. The number of aromatic nitrogens is 2. The predicted molar refractivity (Wildman–Crippen MR) is 131 cm³/mol. The van der Waals surface area contributed by atoms with Gasteiger partial charge in [-0.2, -0.15) is 0 Å². The first-order valence-corrected chi connectivity index (χ1v) is 12.2. The summed E-state index contributed by atoms with van der Waals surface area (Å²) >= 11 is 2.89. The molecule has 0 radical (unpaired) electrons. The smallest absolute Gasteiger partial charge is 0.262 e.